The zero-order valence-corrected chi connectivity index (χ0v) is 11.5. The summed E-state index contributed by atoms with van der Waals surface area (Å²) in [6, 6.07) is 6.84. The van der Waals surface area contributed by atoms with E-state index in [-0.39, 0.29) is 0 Å². The zero-order valence-electron chi connectivity index (χ0n) is 10.7. The molecule has 3 heteroatoms. The van der Waals surface area contributed by atoms with E-state index in [2.05, 4.69) is 43.5 Å². The molecule has 0 aliphatic heterocycles. The van der Waals surface area contributed by atoms with Gasteiger partial charge in [-0.05, 0) is 31.9 Å². The number of fused-ring (bicyclic) bond motifs is 1. The standard InChI is InChI=1S/C14H19ClN2/c1-4-11(3)17-12-7-5-6-10(2)14(12)16-13(17)8-9-15/h5-7,11H,4,8-9H2,1-3H3. The molecule has 0 fully saturated rings. The van der Waals surface area contributed by atoms with Crippen LogP contribution < -0.4 is 0 Å². The molecular formula is C14H19ClN2. The molecule has 1 aromatic carbocycles. The number of rotatable bonds is 4. The van der Waals surface area contributed by atoms with E-state index in [0.717, 1.165) is 24.2 Å². The minimum Gasteiger partial charge on any atom is -0.325 e. The van der Waals surface area contributed by atoms with Gasteiger partial charge in [0.2, 0.25) is 0 Å². The van der Waals surface area contributed by atoms with Crippen LogP contribution in [0.3, 0.4) is 0 Å². The molecule has 1 heterocycles. The molecule has 0 spiro atoms. The van der Waals surface area contributed by atoms with E-state index in [1.165, 1.54) is 11.1 Å². The predicted octanol–water partition coefficient (Wildman–Crippen LogP) is 4.10. The number of para-hydroxylation sites is 1. The van der Waals surface area contributed by atoms with Crippen LogP contribution in [-0.4, -0.2) is 15.4 Å². The van der Waals surface area contributed by atoms with Crippen LogP contribution in [0.1, 0.15) is 37.7 Å². The van der Waals surface area contributed by atoms with Gasteiger partial charge in [0.05, 0.1) is 11.0 Å². The van der Waals surface area contributed by atoms with Crippen LogP contribution in [0.5, 0.6) is 0 Å². The lowest BCUT2D eigenvalue weighted by molar-refractivity contribution is 0.525. The third kappa shape index (κ3) is 2.19. The molecule has 2 aromatic rings. The van der Waals surface area contributed by atoms with Crippen LogP contribution in [0.15, 0.2) is 18.2 Å². The SMILES string of the molecule is CCC(C)n1c(CCCl)nc2c(C)cccc21. The molecule has 17 heavy (non-hydrogen) atoms. The van der Waals surface area contributed by atoms with E-state index in [4.69, 9.17) is 16.6 Å². The molecule has 0 aliphatic rings. The number of aryl methyl sites for hydroxylation is 2. The minimum absolute atomic E-state index is 0.472. The largest absolute Gasteiger partial charge is 0.325 e. The number of hydrogen-bond donors (Lipinski definition) is 0. The number of halogens is 1. The topological polar surface area (TPSA) is 17.8 Å². The first-order valence-electron chi connectivity index (χ1n) is 6.21. The highest BCUT2D eigenvalue weighted by molar-refractivity contribution is 6.17. The Labute approximate surface area is 108 Å². The Bertz CT molecular complexity index is 516. The van der Waals surface area contributed by atoms with Gasteiger partial charge in [0.1, 0.15) is 5.82 Å². The first-order chi connectivity index (χ1) is 8.19. The lowest BCUT2D eigenvalue weighted by Crippen LogP contribution is -2.09. The maximum absolute atomic E-state index is 5.87. The van der Waals surface area contributed by atoms with E-state index in [1.54, 1.807) is 0 Å². The minimum atomic E-state index is 0.472. The van der Waals surface area contributed by atoms with Crippen LogP contribution >= 0.6 is 11.6 Å². The van der Waals surface area contributed by atoms with Crippen molar-refractivity contribution in [3.8, 4) is 0 Å². The molecule has 0 radical (unpaired) electrons. The van der Waals surface area contributed by atoms with Crippen LogP contribution in [0.2, 0.25) is 0 Å². The highest BCUT2D eigenvalue weighted by Crippen LogP contribution is 2.25. The molecule has 1 atom stereocenters. The molecule has 0 aliphatic carbocycles. The van der Waals surface area contributed by atoms with Crippen LogP contribution in [0, 0.1) is 6.92 Å². The van der Waals surface area contributed by atoms with E-state index >= 15 is 0 Å². The molecule has 92 valence electrons. The quantitative estimate of drug-likeness (QED) is 0.747. The van der Waals surface area contributed by atoms with Crippen molar-refractivity contribution < 1.29 is 0 Å². The lowest BCUT2D eigenvalue weighted by atomic mass is 10.2. The first kappa shape index (κ1) is 12.4. The summed E-state index contributed by atoms with van der Waals surface area (Å²) >= 11 is 5.87. The fraction of sp³-hybridized carbons (Fsp3) is 0.500. The van der Waals surface area contributed by atoms with E-state index < -0.39 is 0 Å². The maximum atomic E-state index is 5.87. The molecule has 2 nitrogen and oxygen atoms in total. The molecule has 1 unspecified atom stereocenters. The molecule has 0 amide bonds. The Morgan fingerprint density at radius 3 is 2.82 bits per heavy atom. The number of imidazole rings is 1. The molecule has 0 saturated heterocycles. The summed E-state index contributed by atoms with van der Waals surface area (Å²) in [7, 11) is 0. The highest BCUT2D eigenvalue weighted by atomic mass is 35.5. The molecule has 0 N–H and O–H groups in total. The van der Waals surface area contributed by atoms with Gasteiger partial charge in [-0.3, -0.25) is 0 Å². The Balaban J connectivity index is 2.67. The van der Waals surface area contributed by atoms with Crippen molar-refractivity contribution in [1.82, 2.24) is 9.55 Å². The monoisotopic (exact) mass is 250 g/mol. The van der Waals surface area contributed by atoms with Crippen molar-refractivity contribution in [3.63, 3.8) is 0 Å². The van der Waals surface area contributed by atoms with Gasteiger partial charge in [-0.15, -0.1) is 11.6 Å². The van der Waals surface area contributed by atoms with Gasteiger partial charge in [-0.2, -0.15) is 0 Å². The number of nitrogens with zero attached hydrogens (tertiary/aromatic N) is 2. The summed E-state index contributed by atoms with van der Waals surface area (Å²) in [6.45, 7) is 6.55. The normalized spacial score (nSPS) is 13.2. The van der Waals surface area contributed by atoms with Crippen molar-refractivity contribution in [1.29, 1.82) is 0 Å². The number of aromatic nitrogens is 2. The average Bonchev–Trinajstić information content (AvgIpc) is 2.68. The van der Waals surface area contributed by atoms with Crippen LogP contribution in [0.4, 0.5) is 0 Å². The van der Waals surface area contributed by atoms with Gasteiger partial charge in [0.15, 0.2) is 0 Å². The van der Waals surface area contributed by atoms with E-state index in [1.807, 2.05) is 0 Å². The van der Waals surface area contributed by atoms with Gasteiger partial charge in [-0.25, -0.2) is 4.98 Å². The number of benzene rings is 1. The summed E-state index contributed by atoms with van der Waals surface area (Å²) in [6.07, 6.45) is 1.94. The Kier molecular flexibility index (Phi) is 3.72. The zero-order chi connectivity index (χ0) is 12.4. The summed E-state index contributed by atoms with van der Waals surface area (Å²) in [4.78, 5) is 4.75. The summed E-state index contributed by atoms with van der Waals surface area (Å²) in [5, 5.41) is 0. The van der Waals surface area contributed by atoms with E-state index in [0.29, 0.717) is 11.9 Å². The molecule has 2 rings (SSSR count). The number of alkyl halides is 1. The molecular weight excluding hydrogens is 232 g/mol. The average molecular weight is 251 g/mol. The number of hydrogen-bond acceptors (Lipinski definition) is 1. The second-order valence-electron chi connectivity index (χ2n) is 4.54. The van der Waals surface area contributed by atoms with Crippen molar-refractivity contribution in [2.24, 2.45) is 0 Å². The fourth-order valence-corrected chi connectivity index (χ4v) is 2.41. The molecule has 1 aromatic heterocycles. The Morgan fingerprint density at radius 2 is 2.18 bits per heavy atom. The first-order valence-corrected chi connectivity index (χ1v) is 6.74. The van der Waals surface area contributed by atoms with Gasteiger partial charge in [-0.1, -0.05) is 19.1 Å². The maximum Gasteiger partial charge on any atom is 0.111 e. The van der Waals surface area contributed by atoms with Crippen molar-refractivity contribution in [2.75, 3.05) is 5.88 Å². The van der Waals surface area contributed by atoms with Crippen LogP contribution in [0.25, 0.3) is 11.0 Å². The Hall–Kier alpha value is -1.02. The van der Waals surface area contributed by atoms with Crippen LogP contribution in [-0.2, 0) is 6.42 Å². The van der Waals surface area contributed by atoms with Crippen molar-refractivity contribution in [3.05, 3.63) is 29.6 Å². The third-order valence-corrected chi connectivity index (χ3v) is 3.53. The van der Waals surface area contributed by atoms with Gasteiger partial charge in [0, 0.05) is 18.3 Å². The summed E-state index contributed by atoms with van der Waals surface area (Å²) < 4.78 is 2.34. The molecule has 0 saturated carbocycles. The fourth-order valence-electron chi connectivity index (χ4n) is 2.24. The van der Waals surface area contributed by atoms with Crippen molar-refractivity contribution in [2.45, 2.75) is 39.7 Å². The Morgan fingerprint density at radius 1 is 1.41 bits per heavy atom. The summed E-state index contributed by atoms with van der Waals surface area (Å²) in [5.41, 5.74) is 3.59. The second-order valence-corrected chi connectivity index (χ2v) is 4.91. The molecule has 0 bridgehead atoms. The van der Waals surface area contributed by atoms with Gasteiger partial charge in [0.25, 0.3) is 0 Å². The highest BCUT2D eigenvalue weighted by Gasteiger charge is 2.15. The second kappa shape index (κ2) is 5.09. The summed E-state index contributed by atoms with van der Waals surface area (Å²) in [5.74, 6) is 1.73. The van der Waals surface area contributed by atoms with Gasteiger partial charge < -0.3 is 4.57 Å². The smallest absolute Gasteiger partial charge is 0.111 e. The van der Waals surface area contributed by atoms with Crippen molar-refractivity contribution >= 4 is 22.6 Å². The third-order valence-electron chi connectivity index (χ3n) is 3.34. The lowest BCUT2D eigenvalue weighted by Gasteiger charge is -2.15. The van der Waals surface area contributed by atoms with E-state index in [9.17, 15) is 0 Å². The van der Waals surface area contributed by atoms with Gasteiger partial charge >= 0.3 is 0 Å². The predicted molar refractivity (Wildman–Crippen MR) is 73.9 cm³/mol.